The molecule has 4 rings (SSSR count). The largest absolute Gasteiger partial charge is 0.347 e. The number of hydrogen-bond donors (Lipinski definition) is 1. The molecule has 7 nitrogen and oxygen atoms in total. The summed E-state index contributed by atoms with van der Waals surface area (Å²) in [7, 11) is 0. The van der Waals surface area contributed by atoms with Crippen LogP contribution in [0.4, 0.5) is 4.39 Å². The van der Waals surface area contributed by atoms with Crippen LogP contribution in [0.25, 0.3) is 11.3 Å². The minimum Gasteiger partial charge on any atom is -0.347 e. The summed E-state index contributed by atoms with van der Waals surface area (Å²) in [6.45, 7) is 2.21. The molecule has 3 aromatic rings. The average molecular weight is 387 g/mol. The van der Waals surface area contributed by atoms with Crippen LogP contribution in [0.3, 0.4) is 0 Å². The fraction of sp³-hybridized carbons (Fsp3) is 0.278. The zero-order valence-electron chi connectivity index (χ0n) is 14.5. The smallest absolute Gasteiger partial charge is 0.273 e. The predicted octanol–water partition coefficient (Wildman–Crippen LogP) is 3.10. The third-order valence-corrected chi connectivity index (χ3v) is 4.62. The topological polar surface area (TPSA) is 85.6 Å². The minimum absolute atomic E-state index is 0.0142. The van der Waals surface area contributed by atoms with Crippen molar-refractivity contribution in [2.24, 2.45) is 0 Å². The first-order valence-corrected chi connectivity index (χ1v) is 8.87. The SMILES string of the molecule is Cc1cc(-c2nc(Cl)ncc2F)ccc1CNC(=O)c1cn(C2CC2)nn1. The van der Waals surface area contributed by atoms with Gasteiger partial charge in [0.15, 0.2) is 11.5 Å². The molecule has 9 heteroatoms. The Labute approximate surface area is 159 Å². The van der Waals surface area contributed by atoms with E-state index in [2.05, 4.69) is 25.6 Å². The molecule has 27 heavy (non-hydrogen) atoms. The van der Waals surface area contributed by atoms with E-state index in [0.29, 0.717) is 23.8 Å². The Morgan fingerprint density at radius 3 is 2.96 bits per heavy atom. The molecular formula is C18H16ClFN6O. The highest BCUT2D eigenvalue weighted by Crippen LogP contribution is 2.33. The highest BCUT2D eigenvalue weighted by Gasteiger charge is 2.25. The van der Waals surface area contributed by atoms with E-state index < -0.39 is 5.82 Å². The molecule has 2 aromatic heterocycles. The average Bonchev–Trinajstić information content (AvgIpc) is 3.39. The van der Waals surface area contributed by atoms with E-state index >= 15 is 0 Å². The van der Waals surface area contributed by atoms with Gasteiger partial charge in [-0.05, 0) is 48.6 Å². The first-order chi connectivity index (χ1) is 13.0. The second-order valence-electron chi connectivity index (χ2n) is 6.47. The molecule has 1 N–H and O–H groups in total. The Morgan fingerprint density at radius 2 is 2.22 bits per heavy atom. The van der Waals surface area contributed by atoms with Crippen molar-refractivity contribution in [2.45, 2.75) is 32.4 Å². The van der Waals surface area contributed by atoms with Gasteiger partial charge in [-0.1, -0.05) is 17.3 Å². The van der Waals surface area contributed by atoms with Crippen molar-refractivity contribution in [3.8, 4) is 11.3 Å². The quantitative estimate of drug-likeness (QED) is 0.681. The fourth-order valence-electron chi connectivity index (χ4n) is 2.75. The van der Waals surface area contributed by atoms with E-state index in [4.69, 9.17) is 11.6 Å². The van der Waals surface area contributed by atoms with Crippen molar-refractivity contribution in [2.75, 3.05) is 0 Å². The van der Waals surface area contributed by atoms with Gasteiger partial charge in [-0.25, -0.2) is 19.0 Å². The summed E-state index contributed by atoms with van der Waals surface area (Å²) < 4.78 is 15.7. The molecule has 1 aliphatic rings. The standard InChI is InChI=1S/C18H16ClFN6O/c1-10-6-11(16-14(20)8-22-18(19)23-16)2-3-12(10)7-21-17(27)15-9-26(25-24-15)13-4-5-13/h2-3,6,8-9,13H,4-5,7H2,1H3,(H,21,27). The van der Waals surface area contributed by atoms with Gasteiger partial charge in [0.1, 0.15) is 5.69 Å². The Bertz CT molecular complexity index is 1020. The van der Waals surface area contributed by atoms with Crippen LogP contribution in [0.15, 0.2) is 30.6 Å². The van der Waals surface area contributed by atoms with Gasteiger partial charge < -0.3 is 5.32 Å². The number of nitrogens with one attached hydrogen (secondary N) is 1. The van der Waals surface area contributed by atoms with Gasteiger partial charge in [-0.3, -0.25) is 4.79 Å². The molecule has 1 amide bonds. The van der Waals surface area contributed by atoms with Crippen LogP contribution < -0.4 is 5.32 Å². The van der Waals surface area contributed by atoms with Crippen LogP contribution in [0.2, 0.25) is 5.28 Å². The summed E-state index contributed by atoms with van der Waals surface area (Å²) in [6, 6.07) is 5.73. The first-order valence-electron chi connectivity index (χ1n) is 8.49. The number of hydrogen-bond acceptors (Lipinski definition) is 5. The number of carbonyl (C=O) groups excluding carboxylic acids is 1. The molecule has 1 aliphatic carbocycles. The van der Waals surface area contributed by atoms with Gasteiger partial charge in [0.2, 0.25) is 5.28 Å². The lowest BCUT2D eigenvalue weighted by atomic mass is 10.0. The van der Waals surface area contributed by atoms with E-state index in [1.165, 1.54) is 0 Å². The van der Waals surface area contributed by atoms with Crippen molar-refractivity contribution in [3.05, 3.63) is 58.5 Å². The molecule has 2 heterocycles. The van der Waals surface area contributed by atoms with E-state index in [9.17, 15) is 9.18 Å². The normalized spacial score (nSPS) is 13.6. The summed E-state index contributed by atoms with van der Waals surface area (Å²) in [4.78, 5) is 19.8. The zero-order valence-corrected chi connectivity index (χ0v) is 15.2. The van der Waals surface area contributed by atoms with Crippen molar-refractivity contribution >= 4 is 17.5 Å². The third-order valence-electron chi connectivity index (χ3n) is 4.43. The summed E-state index contributed by atoms with van der Waals surface area (Å²) in [5.41, 5.74) is 2.84. The number of rotatable bonds is 5. The highest BCUT2D eigenvalue weighted by atomic mass is 35.5. The second kappa shape index (κ2) is 7.03. The van der Waals surface area contributed by atoms with Gasteiger partial charge in [0, 0.05) is 12.1 Å². The van der Waals surface area contributed by atoms with Gasteiger partial charge >= 0.3 is 0 Å². The number of carbonyl (C=O) groups is 1. The van der Waals surface area contributed by atoms with Crippen LogP contribution in [-0.2, 0) is 6.54 Å². The van der Waals surface area contributed by atoms with Gasteiger partial charge in [-0.2, -0.15) is 0 Å². The summed E-state index contributed by atoms with van der Waals surface area (Å²) in [5, 5.41) is 10.7. The van der Waals surface area contributed by atoms with Gasteiger partial charge in [0.25, 0.3) is 5.91 Å². The molecule has 0 bridgehead atoms. The molecule has 0 atom stereocenters. The highest BCUT2D eigenvalue weighted by molar-refractivity contribution is 6.28. The number of aromatic nitrogens is 5. The Kier molecular flexibility index (Phi) is 4.57. The lowest BCUT2D eigenvalue weighted by Gasteiger charge is -2.10. The van der Waals surface area contributed by atoms with Crippen molar-refractivity contribution in [1.82, 2.24) is 30.3 Å². The minimum atomic E-state index is -0.543. The van der Waals surface area contributed by atoms with Crippen molar-refractivity contribution in [1.29, 1.82) is 0 Å². The molecule has 0 aliphatic heterocycles. The van der Waals surface area contributed by atoms with Crippen molar-refractivity contribution < 1.29 is 9.18 Å². The molecule has 138 valence electrons. The van der Waals surface area contributed by atoms with Crippen LogP contribution in [0, 0.1) is 12.7 Å². The fourth-order valence-corrected chi connectivity index (χ4v) is 2.89. The molecule has 0 unspecified atom stereocenters. The molecular weight excluding hydrogens is 371 g/mol. The maximum absolute atomic E-state index is 13.9. The predicted molar refractivity (Wildman–Crippen MR) is 96.6 cm³/mol. The molecule has 0 spiro atoms. The van der Waals surface area contributed by atoms with Gasteiger partial charge in [-0.15, -0.1) is 5.10 Å². The second-order valence-corrected chi connectivity index (χ2v) is 6.81. The molecule has 1 fully saturated rings. The number of nitrogens with zero attached hydrogens (tertiary/aromatic N) is 5. The van der Waals surface area contributed by atoms with Crippen LogP contribution in [-0.4, -0.2) is 30.9 Å². The molecule has 0 saturated heterocycles. The zero-order chi connectivity index (χ0) is 19.0. The lowest BCUT2D eigenvalue weighted by molar-refractivity contribution is 0.0946. The third kappa shape index (κ3) is 3.80. The van der Waals surface area contributed by atoms with E-state index in [-0.39, 0.29) is 16.9 Å². The maximum atomic E-state index is 13.9. The first kappa shape index (κ1) is 17.5. The summed E-state index contributed by atoms with van der Waals surface area (Å²) in [6.07, 6.45) is 4.87. The van der Waals surface area contributed by atoms with E-state index in [1.54, 1.807) is 23.0 Å². The number of amides is 1. The summed E-state index contributed by atoms with van der Waals surface area (Å²) >= 11 is 5.76. The van der Waals surface area contributed by atoms with Gasteiger partial charge in [0.05, 0.1) is 18.4 Å². The van der Waals surface area contributed by atoms with Crippen LogP contribution in [0.5, 0.6) is 0 Å². The summed E-state index contributed by atoms with van der Waals surface area (Å²) in [5.74, 6) is -0.822. The molecule has 1 saturated carbocycles. The number of halogens is 2. The molecule has 1 aromatic carbocycles. The number of benzene rings is 1. The monoisotopic (exact) mass is 386 g/mol. The Hall–Kier alpha value is -2.87. The number of aryl methyl sites for hydroxylation is 1. The lowest BCUT2D eigenvalue weighted by Crippen LogP contribution is -2.23. The maximum Gasteiger partial charge on any atom is 0.273 e. The molecule has 0 radical (unpaired) electrons. The van der Waals surface area contributed by atoms with Crippen molar-refractivity contribution in [3.63, 3.8) is 0 Å². The Balaban J connectivity index is 1.46. The van der Waals surface area contributed by atoms with Crippen LogP contribution in [0.1, 0.15) is 40.5 Å². The Morgan fingerprint density at radius 1 is 1.41 bits per heavy atom. The van der Waals surface area contributed by atoms with Crippen LogP contribution >= 0.6 is 11.6 Å². The van der Waals surface area contributed by atoms with E-state index in [1.807, 2.05) is 13.0 Å². The van der Waals surface area contributed by atoms with E-state index in [0.717, 1.165) is 30.2 Å².